The van der Waals surface area contributed by atoms with E-state index in [1.165, 1.54) is 17.7 Å². The number of hydrogen-bond acceptors (Lipinski definition) is 4. The predicted molar refractivity (Wildman–Crippen MR) is 110 cm³/mol. The van der Waals surface area contributed by atoms with Crippen LogP contribution in [0.4, 0.5) is 4.39 Å². The Hall–Kier alpha value is -2.83. The Bertz CT molecular complexity index is 1060. The fraction of sp³-hybridized carbons (Fsp3) is 0.304. The molecule has 1 fully saturated rings. The van der Waals surface area contributed by atoms with E-state index in [4.69, 9.17) is 5.10 Å². The van der Waals surface area contributed by atoms with Crippen molar-refractivity contribution in [2.45, 2.75) is 25.0 Å². The second-order valence-corrected chi connectivity index (χ2v) is 7.83. The van der Waals surface area contributed by atoms with Crippen molar-refractivity contribution in [2.24, 2.45) is 7.05 Å². The van der Waals surface area contributed by atoms with Crippen molar-refractivity contribution in [1.82, 2.24) is 19.7 Å². The molecule has 0 bridgehead atoms. The van der Waals surface area contributed by atoms with Gasteiger partial charge in [-0.05, 0) is 60.4 Å². The van der Waals surface area contributed by atoms with E-state index in [2.05, 4.69) is 16.0 Å². The first-order valence-electron chi connectivity index (χ1n) is 9.96. The van der Waals surface area contributed by atoms with Gasteiger partial charge in [0.15, 0.2) is 0 Å². The maximum absolute atomic E-state index is 13.5. The van der Waals surface area contributed by atoms with Crippen LogP contribution in [0.3, 0.4) is 0 Å². The van der Waals surface area contributed by atoms with Gasteiger partial charge in [0.2, 0.25) is 0 Å². The topological polar surface area (TPSA) is 54.2 Å². The van der Waals surface area contributed by atoms with Gasteiger partial charge in [-0.25, -0.2) is 4.39 Å². The van der Waals surface area contributed by atoms with Crippen LogP contribution < -0.4 is 0 Å². The second kappa shape index (κ2) is 7.21. The van der Waals surface area contributed by atoms with Crippen molar-refractivity contribution < 1.29 is 9.50 Å². The highest BCUT2D eigenvalue weighted by Gasteiger charge is 2.33. The van der Waals surface area contributed by atoms with Crippen LogP contribution >= 0.6 is 0 Å². The number of fused-ring (bicyclic) bond motifs is 1. The zero-order valence-corrected chi connectivity index (χ0v) is 16.3. The van der Waals surface area contributed by atoms with E-state index in [1.807, 2.05) is 23.9 Å². The summed E-state index contributed by atoms with van der Waals surface area (Å²) in [5.74, 6) is -0.253. The van der Waals surface area contributed by atoms with Gasteiger partial charge in [-0.2, -0.15) is 5.10 Å². The quantitative estimate of drug-likeness (QED) is 0.744. The molecule has 0 saturated carbocycles. The Morgan fingerprint density at radius 1 is 1.07 bits per heavy atom. The standard InChI is InChI=1S/C23H23FN4O/c1-27-23(16-2-4-18(24)5-3-16)21(15-6-9-25-10-7-15)22(26-27)17-8-11-28-14-20(29)13-19(28)12-17/h2-7,9-10,12,19-20,29H,8,11,13-14H2,1H3. The Morgan fingerprint density at radius 3 is 2.59 bits per heavy atom. The molecule has 0 spiro atoms. The summed E-state index contributed by atoms with van der Waals surface area (Å²) < 4.78 is 15.4. The molecular formula is C23H23FN4O. The third kappa shape index (κ3) is 3.28. The molecule has 5 nitrogen and oxygen atoms in total. The zero-order chi connectivity index (χ0) is 20.0. The van der Waals surface area contributed by atoms with Gasteiger partial charge < -0.3 is 5.11 Å². The molecule has 148 valence electrons. The van der Waals surface area contributed by atoms with Gasteiger partial charge in [-0.15, -0.1) is 0 Å². The summed E-state index contributed by atoms with van der Waals surface area (Å²) >= 11 is 0. The molecule has 0 amide bonds. The fourth-order valence-corrected chi connectivity index (χ4v) is 4.60. The number of aryl methyl sites for hydroxylation is 1. The number of rotatable bonds is 3. The molecule has 5 rings (SSSR count). The molecule has 2 aliphatic heterocycles. The number of pyridine rings is 1. The fourth-order valence-electron chi connectivity index (χ4n) is 4.60. The molecule has 2 aromatic heterocycles. The number of nitrogens with zero attached hydrogens (tertiary/aromatic N) is 4. The molecule has 1 N–H and O–H groups in total. The van der Waals surface area contributed by atoms with Crippen molar-refractivity contribution in [1.29, 1.82) is 0 Å². The summed E-state index contributed by atoms with van der Waals surface area (Å²) in [5, 5.41) is 14.9. The van der Waals surface area contributed by atoms with Crippen molar-refractivity contribution >= 4 is 5.57 Å². The molecule has 0 radical (unpaired) electrons. The van der Waals surface area contributed by atoms with E-state index in [0.717, 1.165) is 54.0 Å². The summed E-state index contributed by atoms with van der Waals surface area (Å²) in [7, 11) is 1.93. The number of halogens is 1. The zero-order valence-electron chi connectivity index (χ0n) is 16.3. The SMILES string of the molecule is Cn1nc(C2=CC3CC(O)CN3CC2)c(-c2ccncc2)c1-c1ccc(F)cc1. The van der Waals surface area contributed by atoms with E-state index in [-0.39, 0.29) is 18.0 Å². The third-order valence-electron chi connectivity index (χ3n) is 5.93. The Labute approximate surface area is 169 Å². The maximum Gasteiger partial charge on any atom is 0.123 e. The minimum absolute atomic E-state index is 0.253. The molecule has 4 heterocycles. The number of benzene rings is 1. The summed E-state index contributed by atoms with van der Waals surface area (Å²) in [4.78, 5) is 6.50. The predicted octanol–water partition coefficient (Wildman–Crippen LogP) is 3.51. The van der Waals surface area contributed by atoms with Gasteiger partial charge >= 0.3 is 0 Å². The molecule has 6 heteroatoms. The minimum Gasteiger partial charge on any atom is -0.392 e. The smallest absolute Gasteiger partial charge is 0.123 e. The van der Waals surface area contributed by atoms with E-state index in [0.29, 0.717) is 0 Å². The lowest BCUT2D eigenvalue weighted by Gasteiger charge is -2.27. The molecule has 2 unspecified atom stereocenters. The van der Waals surface area contributed by atoms with Gasteiger partial charge in [0.1, 0.15) is 5.82 Å². The van der Waals surface area contributed by atoms with Gasteiger partial charge in [0.25, 0.3) is 0 Å². The van der Waals surface area contributed by atoms with Gasteiger partial charge in [-0.3, -0.25) is 14.6 Å². The average Bonchev–Trinajstić information content (AvgIpc) is 3.27. The average molecular weight is 390 g/mol. The van der Waals surface area contributed by atoms with E-state index >= 15 is 0 Å². The first-order valence-corrected chi connectivity index (χ1v) is 9.96. The van der Waals surface area contributed by atoms with Gasteiger partial charge in [0, 0.05) is 49.7 Å². The number of hydrogen-bond donors (Lipinski definition) is 1. The van der Waals surface area contributed by atoms with Crippen LogP contribution in [0.15, 0.2) is 54.9 Å². The molecule has 3 aromatic rings. The normalized spacial score (nSPS) is 21.8. The van der Waals surface area contributed by atoms with Crippen LogP contribution in [0.2, 0.25) is 0 Å². The molecule has 1 aromatic carbocycles. The largest absolute Gasteiger partial charge is 0.392 e. The Balaban J connectivity index is 1.67. The van der Waals surface area contributed by atoms with Gasteiger partial charge in [0.05, 0.1) is 17.5 Å². The number of aromatic nitrogens is 3. The maximum atomic E-state index is 13.5. The summed E-state index contributed by atoms with van der Waals surface area (Å²) in [6.45, 7) is 1.67. The molecule has 29 heavy (non-hydrogen) atoms. The number of aliphatic hydroxyl groups excluding tert-OH is 1. The van der Waals surface area contributed by atoms with Crippen LogP contribution in [-0.4, -0.2) is 50.0 Å². The summed E-state index contributed by atoms with van der Waals surface area (Å²) in [6, 6.07) is 10.8. The van der Waals surface area contributed by atoms with Crippen LogP contribution in [-0.2, 0) is 7.05 Å². The van der Waals surface area contributed by atoms with E-state index in [9.17, 15) is 9.50 Å². The van der Waals surface area contributed by atoms with Crippen LogP contribution in [0.5, 0.6) is 0 Å². The minimum atomic E-state index is -0.256. The van der Waals surface area contributed by atoms with Crippen molar-refractivity contribution in [3.8, 4) is 22.4 Å². The molecule has 2 aliphatic rings. The molecule has 2 atom stereocenters. The lowest BCUT2D eigenvalue weighted by Crippen LogP contribution is -2.32. The van der Waals surface area contributed by atoms with Crippen molar-refractivity contribution in [2.75, 3.05) is 13.1 Å². The highest BCUT2D eigenvalue weighted by molar-refractivity contribution is 5.90. The monoisotopic (exact) mass is 390 g/mol. The Morgan fingerprint density at radius 2 is 1.83 bits per heavy atom. The second-order valence-electron chi connectivity index (χ2n) is 7.83. The lowest BCUT2D eigenvalue weighted by molar-refractivity contribution is 0.176. The highest BCUT2D eigenvalue weighted by atomic mass is 19.1. The summed E-state index contributed by atoms with van der Waals surface area (Å²) in [6.07, 6.45) is 7.23. The third-order valence-corrected chi connectivity index (χ3v) is 5.93. The first kappa shape index (κ1) is 18.2. The van der Waals surface area contributed by atoms with Crippen LogP contribution in [0.1, 0.15) is 18.5 Å². The van der Waals surface area contributed by atoms with Crippen LogP contribution in [0.25, 0.3) is 28.0 Å². The van der Waals surface area contributed by atoms with Crippen LogP contribution in [0, 0.1) is 5.82 Å². The van der Waals surface area contributed by atoms with E-state index in [1.54, 1.807) is 24.5 Å². The van der Waals surface area contributed by atoms with Gasteiger partial charge in [-0.1, -0.05) is 6.08 Å². The summed E-state index contributed by atoms with van der Waals surface area (Å²) in [5.41, 5.74) is 6.13. The highest BCUT2D eigenvalue weighted by Crippen LogP contribution is 2.40. The number of aliphatic hydroxyl groups is 1. The molecular weight excluding hydrogens is 367 g/mol. The molecule has 0 aliphatic carbocycles. The molecule has 1 saturated heterocycles. The van der Waals surface area contributed by atoms with Crippen molar-refractivity contribution in [3.05, 3.63) is 66.4 Å². The lowest BCUT2D eigenvalue weighted by atomic mass is 9.92. The Kier molecular flexibility index (Phi) is 4.53. The first-order chi connectivity index (χ1) is 14.1. The van der Waals surface area contributed by atoms with Crippen molar-refractivity contribution in [3.63, 3.8) is 0 Å². The van der Waals surface area contributed by atoms with E-state index < -0.39 is 0 Å².